The van der Waals surface area contributed by atoms with Crippen molar-refractivity contribution in [1.29, 1.82) is 5.26 Å². The third-order valence-corrected chi connectivity index (χ3v) is 9.80. The van der Waals surface area contributed by atoms with Crippen LogP contribution in [0.25, 0.3) is 11.1 Å². The van der Waals surface area contributed by atoms with Crippen LogP contribution < -0.4 is 19.5 Å². The first-order chi connectivity index (χ1) is 25.4. The van der Waals surface area contributed by atoms with Gasteiger partial charge in [-0.25, -0.2) is 0 Å². The van der Waals surface area contributed by atoms with Crippen LogP contribution in [0.4, 0.5) is 0 Å². The number of nitrogens with zero attached hydrogens (tertiary/aromatic N) is 3. The number of aliphatic carboxylic acids is 1. The minimum Gasteiger partial charge on any atom is -0.492 e. The summed E-state index contributed by atoms with van der Waals surface area (Å²) in [6, 6.07) is 17.7. The van der Waals surface area contributed by atoms with Crippen molar-refractivity contribution < 1.29 is 39.1 Å². The summed E-state index contributed by atoms with van der Waals surface area (Å²) in [5.74, 6) is -0.345. The molecule has 1 aliphatic heterocycles. The Bertz CT molecular complexity index is 2010. The first-order valence-corrected chi connectivity index (χ1v) is 17.7. The predicted octanol–water partition coefficient (Wildman–Crippen LogP) is 5.68. The maximum absolute atomic E-state index is 11.8. The van der Waals surface area contributed by atoms with E-state index in [0.29, 0.717) is 81.0 Å². The lowest BCUT2D eigenvalue weighted by Gasteiger charge is -2.25. The highest BCUT2D eigenvalue weighted by molar-refractivity contribution is 6.37. The van der Waals surface area contributed by atoms with Crippen molar-refractivity contribution in [1.82, 2.24) is 15.2 Å². The number of halogens is 3. The van der Waals surface area contributed by atoms with Gasteiger partial charge in [-0.15, -0.1) is 0 Å². The van der Waals surface area contributed by atoms with Crippen molar-refractivity contribution in [2.45, 2.75) is 44.7 Å². The Labute approximate surface area is 321 Å². The van der Waals surface area contributed by atoms with Crippen LogP contribution in [0.15, 0.2) is 67.0 Å². The Hall–Kier alpha value is -4.45. The molecule has 0 spiro atoms. The Morgan fingerprint density at radius 1 is 1.00 bits per heavy atom. The van der Waals surface area contributed by atoms with E-state index in [-0.39, 0.29) is 42.9 Å². The molecule has 2 atom stereocenters. The van der Waals surface area contributed by atoms with Gasteiger partial charge in [-0.2, -0.15) is 5.26 Å². The van der Waals surface area contributed by atoms with E-state index < -0.39 is 24.2 Å². The maximum atomic E-state index is 11.8. The van der Waals surface area contributed by atoms with E-state index in [1.807, 2.05) is 35.2 Å². The van der Waals surface area contributed by atoms with E-state index >= 15 is 0 Å². The van der Waals surface area contributed by atoms with E-state index in [1.54, 1.807) is 36.5 Å². The number of nitrogens with one attached hydrogen (secondary N) is 1. The van der Waals surface area contributed by atoms with Gasteiger partial charge in [-0.1, -0.05) is 65.1 Å². The van der Waals surface area contributed by atoms with Crippen molar-refractivity contribution in [3.05, 3.63) is 104 Å². The molecular formula is C38H37Cl3N4O8. The van der Waals surface area contributed by atoms with Gasteiger partial charge in [0.25, 0.3) is 0 Å². The summed E-state index contributed by atoms with van der Waals surface area (Å²) in [6.07, 6.45) is 2.71. The van der Waals surface area contributed by atoms with E-state index in [2.05, 4.69) is 10.3 Å². The van der Waals surface area contributed by atoms with Gasteiger partial charge in [0, 0.05) is 65.9 Å². The smallest absolute Gasteiger partial charge is 0.326 e. The Morgan fingerprint density at radius 2 is 1.74 bits per heavy atom. The molecule has 1 fully saturated rings. The number of carboxylic acids is 1. The van der Waals surface area contributed by atoms with Gasteiger partial charge in [0.15, 0.2) is 5.78 Å². The number of hydrogen-bond donors (Lipinski definition) is 4. The number of ether oxygens (including phenoxy) is 3. The number of benzene rings is 3. The SMILES string of the molecule is C[C@](CO)(NCc1cc(Cl)c(OCc2cccc(-c3cccc(OCCCN4CC(=O)[C@H](O)C4)c3Cl)c2Cl)cc1OCc1cncc(C#N)c1)C(=O)O. The standard InChI is InChI=1S/C38H37Cl3N4O8/c1-38(22-46,37(49)50)44-17-26-12-29(39)34(13-33(26)52-20-24-11-23(14-42)15-43-16-24)53-21-25-5-2-6-27(35(25)40)28-7-3-8-32(36(28)41)51-10-4-9-45-18-30(47)31(48)19-45/h2-3,5-8,11-13,15-16,30,44,46-47H,4,9-10,17-22H2,1H3,(H,49,50)/t30-,38-/m1/s1. The minimum absolute atomic E-state index is 0.0146. The molecule has 0 bridgehead atoms. The fourth-order valence-corrected chi connectivity index (χ4v) is 6.31. The number of carbonyl (C=O) groups is 2. The van der Waals surface area contributed by atoms with Crippen molar-refractivity contribution in [2.75, 3.05) is 32.8 Å². The summed E-state index contributed by atoms with van der Waals surface area (Å²) in [4.78, 5) is 29.4. The summed E-state index contributed by atoms with van der Waals surface area (Å²) in [6.45, 7) is 2.26. The van der Waals surface area contributed by atoms with Crippen LogP contribution in [0.5, 0.6) is 17.2 Å². The lowest BCUT2D eigenvalue weighted by atomic mass is 10.0. The summed E-state index contributed by atoms with van der Waals surface area (Å²) in [5.41, 5.74) is 1.81. The van der Waals surface area contributed by atoms with E-state index in [1.165, 1.54) is 13.1 Å². The fraction of sp³-hybridized carbons (Fsp3) is 0.316. The number of hydrogen-bond acceptors (Lipinski definition) is 11. The van der Waals surface area contributed by atoms with E-state index in [4.69, 9.17) is 49.0 Å². The number of aromatic nitrogens is 1. The fourth-order valence-electron chi connectivity index (χ4n) is 5.50. The highest BCUT2D eigenvalue weighted by Crippen LogP contribution is 2.40. The van der Waals surface area contributed by atoms with Gasteiger partial charge in [-0.05, 0) is 31.5 Å². The van der Waals surface area contributed by atoms with Crippen LogP contribution in [0, 0.1) is 11.3 Å². The second-order valence-electron chi connectivity index (χ2n) is 12.6. The average Bonchev–Trinajstić information content (AvgIpc) is 3.48. The molecule has 0 radical (unpaired) electrons. The van der Waals surface area contributed by atoms with Gasteiger partial charge < -0.3 is 29.5 Å². The number of likely N-dealkylation sites (tertiary alicyclic amines) is 1. The maximum Gasteiger partial charge on any atom is 0.326 e. The second kappa shape index (κ2) is 18.1. The lowest BCUT2D eigenvalue weighted by molar-refractivity contribution is -0.146. The molecule has 1 aromatic heterocycles. The highest BCUT2D eigenvalue weighted by Gasteiger charge is 2.32. The number of nitriles is 1. The third-order valence-electron chi connectivity index (χ3n) is 8.66. The van der Waals surface area contributed by atoms with Gasteiger partial charge in [0.1, 0.15) is 48.2 Å². The van der Waals surface area contributed by atoms with E-state index in [9.17, 15) is 30.2 Å². The van der Waals surface area contributed by atoms with Crippen molar-refractivity contribution >= 4 is 46.6 Å². The molecule has 12 nitrogen and oxygen atoms in total. The third kappa shape index (κ3) is 9.96. The zero-order valence-corrected chi connectivity index (χ0v) is 30.9. The lowest BCUT2D eigenvalue weighted by Crippen LogP contribution is -2.52. The topological polar surface area (TPSA) is 174 Å². The predicted molar refractivity (Wildman–Crippen MR) is 198 cm³/mol. The van der Waals surface area contributed by atoms with Crippen LogP contribution in [0.2, 0.25) is 15.1 Å². The number of aliphatic hydroxyl groups is 2. The summed E-state index contributed by atoms with van der Waals surface area (Å²) in [7, 11) is 0. The van der Waals surface area contributed by atoms with Gasteiger partial charge in [-0.3, -0.25) is 24.8 Å². The molecule has 278 valence electrons. The summed E-state index contributed by atoms with van der Waals surface area (Å²) < 4.78 is 18.2. The van der Waals surface area contributed by atoms with Gasteiger partial charge in [0.2, 0.25) is 0 Å². The number of carbonyl (C=O) groups excluding carboxylic acids is 1. The number of carboxylic acid groups (broad SMARTS) is 1. The summed E-state index contributed by atoms with van der Waals surface area (Å²) >= 11 is 20.4. The van der Waals surface area contributed by atoms with Crippen LogP contribution in [-0.4, -0.2) is 81.4 Å². The molecule has 4 N–H and O–H groups in total. The van der Waals surface area contributed by atoms with Crippen LogP contribution in [0.1, 0.15) is 35.6 Å². The molecule has 0 aliphatic carbocycles. The number of ketones is 1. The molecule has 1 saturated heterocycles. The Morgan fingerprint density at radius 3 is 2.43 bits per heavy atom. The molecule has 1 aliphatic rings. The number of Topliss-reactive ketones (excluding diaryl/α,β-unsaturated/α-hetero) is 1. The Balaban J connectivity index is 1.31. The molecule has 2 heterocycles. The monoisotopic (exact) mass is 782 g/mol. The van der Waals surface area contributed by atoms with Crippen LogP contribution in [0.3, 0.4) is 0 Å². The number of rotatable bonds is 17. The second-order valence-corrected chi connectivity index (χ2v) is 13.8. The molecule has 53 heavy (non-hydrogen) atoms. The molecule has 5 rings (SSSR count). The highest BCUT2D eigenvalue weighted by atomic mass is 35.5. The first-order valence-electron chi connectivity index (χ1n) is 16.6. The zero-order chi connectivity index (χ0) is 38.1. The molecule has 15 heteroatoms. The normalized spacial score (nSPS) is 15.5. The van der Waals surface area contributed by atoms with Gasteiger partial charge in [0.05, 0.1) is 40.4 Å². The van der Waals surface area contributed by atoms with Crippen LogP contribution >= 0.6 is 34.8 Å². The molecular weight excluding hydrogens is 747 g/mol. The largest absolute Gasteiger partial charge is 0.492 e. The number of aliphatic hydroxyl groups excluding tert-OH is 2. The minimum atomic E-state index is -1.62. The molecule has 4 aromatic rings. The molecule has 0 saturated carbocycles. The van der Waals surface area contributed by atoms with E-state index in [0.717, 1.165) is 0 Å². The summed E-state index contributed by atoms with van der Waals surface area (Å²) in [5, 5.41) is 42.1. The van der Waals surface area contributed by atoms with Gasteiger partial charge >= 0.3 is 5.97 Å². The average molecular weight is 784 g/mol. The molecule has 3 aromatic carbocycles. The number of pyridine rings is 1. The molecule has 0 unspecified atom stereocenters. The van der Waals surface area contributed by atoms with Crippen LogP contribution in [-0.2, 0) is 29.3 Å². The first kappa shape index (κ1) is 39.8. The Kier molecular flexibility index (Phi) is 13.5. The quantitative estimate of drug-likeness (QED) is 0.0967. The van der Waals surface area contributed by atoms with Crippen molar-refractivity contribution in [2.24, 2.45) is 0 Å². The number of β-amino-alcohol motifs (C(OH)–C–C–N with tert-alkyl or cyclic N) is 1. The van der Waals surface area contributed by atoms with Crippen molar-refractivity contribution in [3.63, 3.8) is 0 Å². The molecule has 0 amide bonds. The van der Waals surface area contributed by atoms with Crippen molar-refractivity contribution in [3.8, 4) is 34.4 Å². The zero-order valence-electron chi connectivity index (χ0n) is 28.7.